The third-order valence-electron chi connectivity index (χ3n) is 3.97. The highest BCUT2D eigenvalue weighted by Gasteiger charge is 2.42. The molecule has 2 aliphatic heterocycles. The van der Waals surface area contributed by atoms with Crippen molar-refractivity contribution in [3.05, 3.63) is 29.6 Å². The second-order valence-electron chi connectivity index (χ2n) is 5.56. The first-order valence-corrected chi connectivity index (χ1v) is 8.78. The molecule has 0 saturated carbocycles. The van der Waals surface area contributed by atoms with Gasteiger partial charge in [0, 0.05) is 18.5 Å². The van der Waals surface area contributed by atoms with Crippen LogP contribution >= 0.6 is 0 Å². The van der Waals surface area contributed by atoms with Gasteiger partial charge in [0.2, 0.25) is 0 Å². The first kappa shape index (κ1) is 15.7. The molecule has 2 aliphatic rings. The Labute approximate surface area is 131 Å². The van der Waals surface area contributed by atoms with Crippen molar-refractivity contribution in [3.63, 3.8) is 0 Å². The van der Waals surface area contributed by atoms with Crippen molar-refractivity contribution < 1.29 is 32.2 Å². The molecule has 1 aromatic carbocycles. The summed E-state index contributed by atoms with van der Waals surface area (Å²) in [7, 11) is -3.49. The molecule has 1 amide bonds. The van der Waals surface area contributed by atoms with Gasteiger partial charge in [0.15, 0.2) is 15.9 Å². The maximum atomic E-state index is 13.2. The summed E-state index contributed by atoms with van der Waals surface area (Å²) >= 11 is 0. The summed E-state index contributed by atoms with van der Waals surface area (Å²) in [5.74, 6) is -2.93. The molecule has 0 radical (unpaired) electrons. The summed E-state index contributed by atoms with van der Waals surface area (Å²) in [6.07, 6.45) is -0.837. The first-order chi connectivity index (χ1) is 10.8. The standard InChI is InChI=1S/C14H14FNO6S/c15-9-1-2-11-8(5-9)6-12(22-11)13(17)16-3-4-23(20,21)7-10(16)14(18)19/h1-2,5,10,12H,3-4,6-7H2,(H,18,19). The molecule has 2 unspecified atom stereocenters. The van der Waals surface area contributed by atoms with Gasteiger partial charge in [0.05, 0.1) is 11.5 Å². The van der Waals surface area contributed by atoms with E-state index >= 15 is 0 Å². The highest BCUT2D eigenvalue weighted by molar-refractivity contribution is 7.91. The van der Waals surface area contributed by atoms with E-state index in [2.05, 4.69) is 0 Å². The van der Waals surface area contributed by atoms with Crippen LogP contribution in [0.4, 0.5) is 4.39 Å². The molecule has 9 heteroatoms. The molecule has 7 nitrogen and oxygen atoms in total. The van der Waals surface area contributed by atoms with Crippen LogP contribution in [0.1, 0.15) is 5.56 Å². The summed E-state index contributed by atoms with van der Waals surface area (Å²) < 4.78 is 41.9. The average molecular weight is 343 g/mol. The van der Waals surface area contributed by atoms with Gasteiger partial charge >= 0.3 is 5.97 Å². The minimum Gasteiger partial charge on any atom is -0.480 e. The lowest BCUT2D eigenvalue weighted by Crippen LogP contribution is -2.57. The van der Waals surface area contributed by atoms with Crippen LogP contribution in [0, 0.1) is 5.82 Å². The Morgan fingerprint density at radius 3 is 2.78 bits per heavy atom. The van der Waals surface area contributed by atoms with Gasteiger partial charge in [-0.2, -0.15) is 0 Å². The van der Waals surface area contributed by atoms with Crippen LogP contribution in [0.5, 0.6) is 5.75 Å². The number of halogens is 1. The number of nitrogens with zero attached hydrogens (tertiary/aromatic N) is 1. The van der Waals surface area contributed by atoms with Crippen LogP contribution < -0.4 is 4.74 Å². The van der Waals surface area contributed by atoms with E-state index in [9.17, 15) is 27.5 Å². The number of carbonyl (C=O) groups is 2. The topological polar surface area (TPSA) is 101 Å². The number of hydrogen-bond donors (Lipinski definition) is 1. The third kappa shape index (κ3) is 3.00. The molecule has 0 bridgehead atoms. The van der Waals surface area contributed by atoms with Crippen LogP contribution in [0.2, 0.25) is 0 Å². The summed E-state index contributed by atoms with van der Waals surface area (Å²) in [4.78, 5) is 24.8. The minimum atomic E-state index is -3.49. The number of carboxylic acid groups (broad SMARTS) is 1. The number of rotatable bonds is 2. The Morgan fingerprint density at radius 2 is 2.09 bits per heavy atom. The zero-order valence-corrected chi connectivity index (χ0v) is 12.8. The molecule has 124 valence electrons. The summed E-state index contributed by atoms with van der Waals surface area (Å²) in [6.45, 7) is -0.192. The van der Waals surface area contributed by atoms with Crippen molar-refractivity contribution in [2.45, 2.75) is 18.6 Å². The molecule has 1 saturated heterocycles. The van der Waals surface area contributed by atoms with Crippen LogP contribution in [0.25, 0.3) is 0 Å². The van der Waals surface area contributed by atoms with Crippen LogP contribution in [0.3, 0.4) is 0 Å². The maximum Gasteiger partial charge on any atom is 0.327 e. The third-order valence-corrected chi connectivity index (χ3v) is 5.60. The number of sulfone groups is 1. The number of carboxylic acids is 1. The lowest BCUT2D eigenvalue weighted by molar-refractivity contribution is -0.152. The van der Waals surface area contributed by atoms with E-state index in [-0.39, 0.29) is 18.7 Å². The Kier molecular flexibility index (Phi) is 3.75. The van der Waals surface area contributed by atoms with E-state index in [1.807, 2.05) is 0 Å². The second kappa shape index (κ2) is 5.48. The number of amides is 1. The van der Waals surface area contributed by atoms with E-state index in [0.717, 1.165) is 4.90 Å². The Hall–Kier alpha value is -2.16. The average Bonchev–Trinajstić information content (AvgIpc) is 2.88. The quantitative estimate of drug-likeness (QED) is 0.801. The van der Waals surface area contributed by atoms with Crippen molar-refractivity contribution in [3.8, 4) is 5.75 Å². The van der Waals surface area contributed by atoms with Crippen LogP contribution in [0.15, 0.2) is 18.2 Å². The first-order valence-electron chi connectivity index (χ1n) is 6.95. The zero-order valence-electron chi connectivity index (χ0n) is 11.9. The SMILES string of the molecule is O=C(O)C1CS(=O)(=O)CCN1C(=O)C1Cc2cc(F)ccc2O1. The molecule has 3 rings (SSSR count). The predicted molar refractivity (Wildman–Crippen MR) is 76.3 cm³/mol. The van der Waals surface area contributed by atoms with Crippen molar-refractivity contribution in [2.24, 2.45) is 0 Å². The summed E-state index contributed by atoms with van der Waals surface area (Å²) in [6, 6.07) is 2.45. The molecule has 0 aliphatic carbocycles. The van der Waals surface area contributed by atoms with Crippen molar-refractivity contribution in [1.29, 1.82) is 0 Å². The van der Waals surface area contributed by atoms with Gasteiger partial charge in [-0.25, -0.2) is 17.6 Å². The normalized spacial score (nSPS) is 25.5. The van der Waals surface area contributed by atoms with Gasteiger partial charge in [-0.1, -0.05) is 0 Å². The maximum absolute atomic E-state index is 13.2. The summed E-state index contributed by atoms with van der Waals surface area (Å²) in [5, 5.41) is 9.19. The Bertz CT molecular complexity index is 777. The molecule has 2 atom stereocenters. The molecular weight excluding hydrogens is 329 g/mol. The lowest BCUT2D eigenvalue weighted by Gasteiger charge is -2.34. The second-order valence-corrected chi connectivity index (χ2v) is 7.79. The number of benzene rings is 1. The molecular formula is C14H14FNO6S. The van der Waals surface area contributed by atoms with Crippen LogP contribution in [-0.4, -0.2) is 60.5 Å². The largest absolute Gasteiger partial charge is 0.480 e. The van der Waals surface area contributed by atoms with Crippen molar-refractivity contribution >= 4 is 21.7 Å². The van der Waals surface area contributed by atoms with E-state index in [1.54, 1.807) is 0 Å². The summed E-state index contributed by atoms with van der Waals surface area (Å²) in [5.41, 5.74) is 0.528. The molecule has 0 spiro atoms. The number of hydrogen-bond acceptors (Lipinski definition) is 5. The minimum absolute atomic E-state index is 0.127. The monoisotopic (exact) mass is 343 g/mol. The molecule has 2 heterocycles. The van der Waals surface area contributed by atoms with E-state index in [0.29, 0.717) is 11.3 Å². The molecule has 1 N–H and O–H groups in total. The molecule has 1 aromatic rings. The molecule has 0 aromatic heterocycles. The number of aliphatic carboxylic acids is 1. The van der Waals surface area contributed by atoms with E-state index < -0.39 is 45.4 Å². The zero-order chi connectivity index (χ0) is 16.8. The van der Waals surface area contributed by atoms with E-state index in [1.165, 1.54) is 18.2 Å². The lowest BCUT2D eigenvalue weighted by atomic mass is 10.1. The van der Waals surface area contributed by atoms with Crippen LogP contribution in [-0.2, 0) is 25.8 Å². The smallest absolute Gasteiger partial charge is 0.327 e. The van der Waals surface area contributed by atoms with Gasteiger partial charge < -0.3 is 14.7 Å². The predicted octanol–water partition coefficient (Wildman–Crippen LogP) is -0.161. The number of ether oxygens (including phenoxy) is 1. The van der Waals surface area contributed by atoms with Gasteiger partial charge in [-0.15, -0.1) is 0 Å². The fraction of sp³-hybridized carbons (Fsp3) is 0.429. The van der Waals surface area contributed by atoms with Gasteiger partial charge in [0.25, 0.3) is 5.91 Å². The fourth-order valence-electron chi connectivity index (χ4n) is 2.82. The highest BCUT2D eigenvalue weighted by Crippen LogP contribution is 2.30. The highest BCUT2D eigenvalue weighted by atomic mass is 32.2. The Balaban J connectivity index is 1.79. The van der Waals surface area contributed by atoms with Gasteiger partial charge in [-0.3, -0.25) is 4.79 Å². The van der Waals surface area contributed by atoms with E-state index in [4.69, 9.17) is 4.74 Å². The molecule has 1 fully saturated rings. The number of fused-ring (bicyclic) bond motifs is 1. The Morgan fingerprint density at radius 1 is 1.35 bits per heavy atom. The van der Waals surface area contributed by atoms with Gasteiger partial charge in [0.1, 0.15) is 17.6 Å². The molecule has 23 heavy (non-hydrogen) atoms. The fourth-order valence-corrected chi connectivity index (χ4v) is 4.26. The van der Waals surface area contributed by atoms with Crippen molar-refractivity contribution in [2.75, 3.05) is 18.1 Å². The van der Waals surface area contributed by atoms with Gasteiger partial charge in [-0.05, 0) is 18.2 Å². The van der Waals surface area contributed by atoms with Crippen molar-refractivity contribution in [1.82, 2.24) is 4.90 Å². The number of carbonyl (C=O) groups excluding carboxylic acids is 1.